The van der Waals surface area contributed by atoms with Gasteiger partial charge in [-0.25, -0.2) is 9.97 Å². The molecule has 1 fully saturated rings. The molecule has 2 heterocycles. The molecule has 3 aromatic carbocycles. The monoisotopic (exact) mass is 590 g/mol. The van der Waals surface area contributed by atoms with Crippen molar-refractivity contribution in [3.63, 3.8) is 0 Å². The molecule has 41 heavy (non-hydrogen) atoms. The standard InChI is InChI=1S/C33H40Cl2N6/c1-33(2,23-39(3)4)22-36-32-28-7-5-6-8-29(28)37-30(38-32)21-40-17-19-41(20-18-40)31(24-9-13-26(34)14-10-24)25-11-15-27(35)16-12-25/h5-16,31H,17-23H2,1-4H3,(H,36,37,38). The quantitative estimate of drug-likeness (QED) is 0.218. The Bertz CT molecular complexity index is 1390. The first kappa shape index (κ1) is 29.7. The summed E-state index contributed by atoms with van der Waals surface area (Å²) < 4.78 is 0. The van der Waals surface area contributed by atoms with Crippen LogP contribution in [0.1, 0.15) is 36.8 Å². The first-order chi connectivity index (χ1) is 19.7. The molecule has 1 aliphatic rings. The van der Waals surface area contributed by atoms with Gasteiger partial charge in [0.25, 0.3) is 0 Å². The zero-order chi connectivity index (χ0) is 29.0. The summed E-state index contributed by atoms with van der Waals surface area (Å²) in [5, 5.41) is 6.22. The molecule has 5 rings (SSSR count). The number of hydrogen-bond donors (Lipinski definition) is 1. The molecule has 0 bridgehead atoms. The van der Waals surface area contributed by atoms with Crippen LogP contribution in [-0.4, -0.2) is 78.0 Å². The van der Waals surface area contributed by atoms with Crippen LogP contribution < -0.4 is 5.32 Å². The smallest absolute Gasteiger partial charge is 0.145 e. The van der Waals surface area contributed by atoms with Gasteiger partial charge in [-0.1, -0.05) is 73.4 Å². The Kier molecular flexibility index (Phi) is 9.47. The van der Waals surface area contributed by atoms with Gasteiger partial charge in [-0.3, -0.25) is 9.80 Å². The van der Waals surface area contributed by atoms with Gasteiger partial charge in [-0.15, -0.1) is 0 Å². The molecule has 1 aliphatic heterocycles. The van der Waals surface area contributed by atoms with Gasteiger partial charge in [0.1, 0.15) is 11.6 Å². The van der Waals surface area contributed by atoms with Crippen LogP contribution in [0.4, 0.5) is 5.82 Å². The molecule has 0 amide bonds. The third-order valence-corrected chi connectivity index (χ3v) is 8.14. The second kappa shape index (κ2) is 13.1. The van der Waals surface area contributed by atoms with Crippen molar-refractivity contribution in [3.8, 4) is 0 Å². The van der Waals surface area contributed by atoms with Gasteiger partial charge in [-0.05, 0) is 67.0 Å². The maximum atomic E-state index is 6.22. The second-order valence-electron chi connectivity index (χ2n) is 12.1. The summed E-state index contributed by atoms with van der Waals surface area (Å²) in [6.45, 7) is 10.9. The lowest BCUT2D eigenvalue weighted by molar-refractivity contribution is 0.103. The molecular weight excluding hydrogens is 551 g/mol. The van der Waals surface area contributed by atoms with Crippen molar-refractivity contribution in [2.75, 3.05) is 58.7 Å². The van der Waals surface area contributed by atoms with Gasteiger partial charge in [0.2, 0.25) is 0 Å². The van der Waals surface area contributed by atoms with Crippen LogP contribution >= 0.6 is 23.2 Å². The van der Waals surface area contributed by atoms with Gasteiger partial charge in [0.05, 0.1) is 18.1 Å². The Morgan fingerprint density at radius 2 is 1.41 bits per heavy atom. The minimum absolute atomic E-state index is 0.108. The van der Waals surface area contributed by atoms with Crippen molar-refractivity contribution >= 4 is 39.9 Å². The molecule has 1 saturated heterocycles. The molecule has 0 saturated carbocycles. The summed E-state index contributed by atoms with van der Waals surface area (Å²) in [5.74, 6) is 1.78. The normalized spacial score (nSPS) is 15.2. The summed E-state index contributed by atoms with van der Waals surface area (Å²) in [4.78, 5) is 17.2. The maximum Gasteiger partial charge on any atom is 0.145 e. The number of anilines is 1. The van der Waals surface area contributed by atoms with Crippen LogP contribution in [0.25, 0.3) is 10.9 Å². The zero-order valence-corrected chi connectivity index (χ0v) is 26.0. The van der Waals surface area contributed by atoms with Crippen molar-refractivity contribution in [2.45, 2.75) is 26.4 Å². The predicted octanol–water partition coefficient (Wildman–Crippen LogP) is 6.84. The minimum Gasteiger partial charge on any atom is -0.369 e. The highest BCUT2D eigenvalue weighted by Crippen LogP contribution is 2.32. The number of para-hydroxylation sites is 1. The fourth-order valence-corrected chi connectivity index (χ4v) is 6.10. The van der Waals surface area contributed by atoms with Crippen LogP contribution in [0.5, 0.6) is 0 Å². The van der Waals surface area contributed by atoms with Crippen LogP contribution in [-0.2, 0) is 6.54 Å². The average molecular weight is 592 g/mol. The maximum absolute atomic E-state index is 6.22. The summed E-state index contributed by atoms with van der Waals surface area (Å²) in [6.07, 6.45) is 0. The van der Waals surface area contributed by atoms with E-state index in [1.54, 1.807) is 0 Å². The Labute approximate surface area is 254 Å². The highest BCUT2D eigenvalue weighted by atomic mass is 35.5. The zero-order valence-electron chi connectivity index (χ0n) is 24.4. The fraction of sp³-hybridized carbons (Fsp3) is 0.394. The van der Waals surface area contributed by atoms with Crippen molar-refractivity contribution in [1.82, 2.24) is 24.7 Å². The molecule has 216 valence electrons. The van der Waals surface area contributed by atoms with Crippen LogP contribution in [0.15, 0.2) is 72.8 Å². The lowest BCUT2D eigenvalue weighted by Crippen LogP contribution is -2.47. The molecule has 6 nitrogen and oxygen atoms in total. The van der Waals surface area contributed by atoms with E-state index in [4.69, 9.17) is 33.2 Å². The number of nitrogens with zero attached hydrogens (tertiary/aromatic N) is 5. The van der Waals surface area contributed by atoms with Crippen molar-refractivity contribution < 1.29 is 0 Å². The fourth-order valence-electron chi connectivity index (χ4n) is 5.85. The van der Waals surface area contributed by atoms with E-state index >= 15 is 0 Å². The topological polar surface area (TPSA) is 47.5 Å². The van der Waals surface area contributed by atoms with Crippen LogP contribution in [0.2, 0.25) is 10.0 Å². The molecule has 0 unspecified atom stereocenters. The first-order valence-corrected chi connectivity index (χ1v) is 15.0. The highest BCUT2D eigenvalue weighted by Gasteiger charge is 2.27. The van der Waals surface area contributed by atoms with E-state index in [1.807, 2.05) is 30.3 Å². The summed E-state index contributed by atoms with van der Waals surface area (Å²) in [5.41, 5.74) is 3.55. The van der Waals surface area contributed by atoms with Crippen LogP contribution in [0.3, 0.4) is 0 Å². The van der Waals surface area contributed by atoms with E-state index < -0.39 is 0 Å². The van der Waals surface area contributed by atoms with Gasteiger partial charge in [0.15, 0.2) is 0 Å². The van der Waals surface area contributed by atoms with E-state index in [0.29, 0.717) is 0 Å². The molecule has 0 spiro atoms. The number of hydrogen-bond acceptors (Lipinski definition) is 6. The van der Waals surface area contributed by atoms with E-state index in [-0.39, 0.29) is 11.5 Å². The third-order valence-electron chi connectivity index (χ3n) is 7.64. The van der Waals surface area contributed by atoms with Crippen molar-refractivity contribution in [1.29, 1.82) is 0 Å². The summed E-state index contributed by atoms with van der Waals surface area (Å²) in [6, 6.07) is 24.8. The molecular formula is C33H40Cl2N6. The molecule has 0 atom stereocenters. The van der Waals surface area contributed by atoms with Crippen molar-refractivity contribution in [2.24, 2.45) is 5.41 Å². The number of rotatable bonds is 10. The minimum atomic E-state index is 0.108. The van der Waals surface area contributed by atoms with Crippen molar-refractivity contribution in [3.05, 3.63) is 99.8 Å². The number of fused-ring (bicyclic) bond motifs is 1. The average Bonchev–Trinajstić information content (AvgIpc) is 2.94. The number of halogens is 2. The largest absolute Gasteiger partial charge is 0.369 e. The highest BCUT2D eigenvalue weighted by molar-refractivity contribution is 6.30. The molecule has 1 aromatic heterocycles. The Morgan fingerprint density at radius 3 is 2.00 bits per heavy atom. The number of nitrogens with one attached hydrogen (secondary N) is 1. The van der Waals surface area contributed by atoms with Gasteiger partial charge >= 0.3 is 0 Å². The summed E-state index contributed by atoms with van der Waals surface area (Å²) in [7, 11) is 4.24. The molecule has 4 aromatic rings. The lowest BCUT2D eigenvalue weighted by Gasteiger charge is -2.39. The molecule has 0 radical (unpaired) electrons. The van der Waals surface area contributed by atoms with E-state index in [2.05, 4.69) is 90.4 Å². The molecule has 0 aliphatic carbocycles. The third kappa shape index (κ3) is 7.76. The first-order valence-electron chi connectivity index (χ1n) is 14.3. The van der Waals surface area contributed by atoms with E-state index in [0.717, 1.165) is 78.4 Å². The summed E-state index contributed by atoms with van der Waals surface area (Å²) >= 11 is 12.4. The van der Waals surface area contributed by atoms with Gasteiger partial charge in [0, 0.05) is 54.7 Å². The lowest BCUT2D eigenvalue weighted by atomic mass is 9.93. The number of benzene rings is 3. The Morgan fingerprint density at radius 1 is 0.829 bits per heavy atom. The Hall–Kier alpha value is -2.74. The SMILES string of the molecule is CN(C)CC(C)(C)CNc1nc(CN2CCN(C(c3ccc(Cl)cc3)c3ccc(Cl)cc3)CC2)nc2ccccc12. The van der Waals surface area contributed by atoms with Gasteiger partial charge < -0.3 is 10.2 Å². The second-order valence-corrected chi connectivity index (χ2v) is 13.0. The Balaban J connectivity index is 1.30. The number of aromatic nitrogens is 2. The van der Waals surface area contributed by atoms with Crippen LogP contribution in [0, 0.1) is 5.41 Å². The van der Waals surface area contributed by atoms with Gasteiger partial charge in [-0.2, -0.15) is 0 Å². The van der Waals surface area contributed by atoms with E-state index in [1.165, 1.54) is 11.1 Å². The van der Waals surface area contributed by atoms with E-state index in [9.17, 15) is 0 Å². The predicted molar refractivity (Wildman–Crippen MR) is 172 cm³/mol. The molecule has 8 heteroatoms. The number of piperazine rings is 1. The molecule has 1 N–H and O–H groups in total.